The molecule has 8 heteroatoms. The normalized spacial score (nSPS) is 11.9. The number of benzene rings is 1. The molecule has 1 aromatic heterocycles. The second-order valence-corrected chi connectivity index (χ2v) is 8.22. The molecule has 164 valence electrons. The van der Waals surface area contributed by atoms with Gasteiger partial charge in [0.15, 0.2) is 0 Å². The first-order valence-corrected chi connectivity index (χ1v) is 9.92. The average molecular weight is 423 g/mol. The number of carbonyl (C=O) groups excluding carboxylic acids is 1. The van der Waals surface area contributed by atoms with E-state index in [1.54, 1.807) is 17.9 Å². The molecule has 0 unspecified atom stereocenters. The first-order chi connectivity index (χ1) is 13.9. The van der Waals surface area contributed by atoms with Crippen molar-refractivity contribution in [1.82, 2.24) is 14.9 Å². The number of aromatic amines is 1. The van der Waals surface area contributed by atoms with Crippen LogP contribution in [0.4, 0.5) is 13.2 Å². The summed E-state index contributed by atoms with van der Waals surface area (Å²) >= 11 is 0. The Kier molecular flexibility index (Phi) is 7.44. The molecule has 0 atom stereocenters. The number of alkyl halides is 3. The molecule has 0 aliphatic carbocycles. The minimum absolute atomic E-state index is 0.0305. The number of aromatic nitrogens is 2. The summed E-state index contributed by atoms with van der Waals surface area (Å²) in [5.74, 6) is 0.398. The van der Waals surface area contributed by atoms with Gasteiger partial charge in [0.05, 0.1) is 12.1 Å². The maximum absolute atomic E-state index is 12.9. The lowest BCUT2D eigenvalue weighted by Gasteiger charge is -2.26. The van der Waals surface area contributed by atoms with Gasteiger partial charge in [-0.15, -0.1) is 0 Å². The number of amides is 1. The van der Waals surface area contributed by atoms with Crippen LogP contribution in [0.3, 0.4) is 0 Å². The molecule has 5 nitrogen and oxygen atoms in total. The van der Waals surface area contributed by atoms with Crippen molar-refractivity contribution in [3.8, 4) is 0 Å². The molecule has 0 aliphatic heterocycles. The van der Waals surface area contributed by atoms with Gasteiger partial charge < -0.3 is 9.88 Å². The van der Waals surface area contributed by atoms with Crippen LogP contribution >= 0.6 is 0 Å². The van der Waals surface area contributed by atoms with Gasteiger partial charge in [0.1, 0.15) is 5.82 Å². The molecule has 2 rings (SSSR count). The van der Waals surface area contributed by atoms with Crippen molar-refractivity contribution in [2.24, 2.45) is 11.8 Å². The third kappa shape index (κ3) is 6.18. The Labute approximate surface area is 174 Å². The van der Waals surface area contributed by atoms with Gasteiger partial charge in [-0.2, -0.15) is 13.2 Å². The molecule has 0 spiro atoms. The van der Waals surface area contributed by atoms with Crippen LogP contribution in [0.1, 0.15) is 55.9 Å². The molecule has 0 fully saturated rings. The molecule has 0 bridgehead atoms. The molecule has 0 aliphatic rings. The van der Waals surface area contributed by atoms with Crippen LogP contribution in [0.2, 0.25) is 0 Å². The topological polar surface area (TPSA) is 66.1 Å². The predicted octanol–water partition coefficient (Wildman–Crippen LogP) is 4.33. The van der Waals surface area contributed by atoms with Crippen molar-refractivity contribution in [3.05, 3.63) is 62.8 Å². The highest BCUT2D eigenvalue weighted by atomic mass is 19.4. The summed E-state index contributed by atoms with van der Waals surface area (Å²) in [4.78, 5) is 33.9. The zero-order valence-electron chi connectivity index (χ0n) is 17.9. The second-order valence-electron chi connectivity index (χ2n) is 8.22. The summed E-state index contributed by atoms with van der Waals surface area (Å²) in [5, 5.41) is 0. The Morgan fingerprint density at radius 2 is 1.87 bits per heavy atom. The highest BCUT2D eigenvalue weighted by Gasteiger charge is 2.30. The third-order valence-corrected chi connectivity index (χ3v) is 4.64. The fraction of sp³-hybridized carbons (Fsp3) is 0.500. The van der Waals surface area contributed by atoms with Crippen molar-refractivity contribution in [3.63, 3.8) is 0 Å². The van der Waals surface area contributed by atoms with Gasteiger partial charge in [0, 0.05) is 30.1 Å². The molecule has 0 saturated carbocycles. The van der Waals surface area contributed by atoms with Crippen LogP contribution in [0.25, 0.3) is 0 Å². The van der Waals surface area contributed by atoms with E-state index in [0.29, 0.717) is 29.2 Å². The summed E-state index contributed by atoms with van der Waals surface area (Å²) in [6.45, 7) is 9.99. The average Bonchev–Trinajstić information content (AvgIpc) is 2.62. The van der Waals surface area contributed by atoms with Gasteiger partial charge in [0.2, 0.25) is 5.91 Å². The van der Waals surface area contributed by atoms with E-state index in [2.05, 4.69) is 9.97 Å². The van der Waals surface area contributed by atoms with Gasteiger partial charge in [-0.3, -0.25) is 9.59 Å². The summed E-state index contributed by atoms with van der Waals surface area (Å²) in [6.07, 6.45) is -4.40. The zero-order chi connectivity index (χ0) is 22.6. The fourth-order valence-corrected chi connectivity index (χ4v) is 3.23. The summed E-state index contributed by atoms with van der Waals surface area (Å²) in [7, 11) is 0. The number of halogens is 3. The number of carbonyl (C=O) groups is 1. The highest BCUT2D eigenvalue weighted by Crippen LogP contribution is 2.30. The van der Waals surface area contributed by atoms with Crippen molar-refractivity contribution in [2.45, 2.75) is 53.8 Å². The molecule has 1 N–H and O–H groups in total. The van der Waals surface area contributed by atoms with Gasteiger partial charge in [-0.05, 0) is 24.5 Å². The van der Waals surface area contributed by atoms with Gasteiger partial charge >= 0.3 is 6.18 Å². The maximum atomic E-state index is 12.9. The smallest absolute Gasteiger partial charge is 0.335 e. The van der Waals surface area contributed by atoms with Gasteiger partial charge in [-0.1, -0.05) is 45.9 Å². The van der Waals surface area contributed by atoms with Gasteiger partial charge in [-0.25, -0.2) is 4.98 Å². The lowest BCUT2D eigenvalue weighted by atomic mass is 10.0. The number of hydrogen-bond donors (Lipinski definition) is 1. The van der Waals surface area contributed by atoms with E-state index < -0.39 is 17.3 Å². The minimum atomic E-state index is -4.44. The number of nitrogens with one attached hydrogen (secondary N) is 1. The maximum Gasteiger partial charge on any atom is 0.416 e. The largest absolute Gasteiger partial charge is 0.416 e. The number of aryl methyl sites for hydroxylation is 1. The van der Waals surface area contributed by atoms with E-state index in [4.69, 9.17) is 0 Å². The third-order valence-electron chi connectivity index (χ3n) is 4.64. The van der Waals surface area contributed by atoms with E-state index in [0.717, 1.165) is 12.1 Å². The van der Waals surface area contributed by atoms with E-state index >= 15 is 0 Å². The second kappa shape index (κ2) is 9.45. The zero-order valence-corrected chi connectivity index (χ0v) is 17.9. The Hall–Kier alpha value is -2.64. The van der Waals surface area contributed by atoms with Crippen LogP contribution in [-0.2, 0) is 23.9 Å². The van der Waals surface area contributed by atoms with Crippen LogP contribution in [0, 0.1) is 18.8 Å². The lowest BCUT2D eigenvalue weighted by Crippen LogP contribution is -2.37. The number of hydrogen-bond acceptors (Lipinski definition) is 3. The quantitative estimate of drug-likeness (QED) is 0.721. The SMILES string of the molecule is Cc1nc(CN(CC(C)C)C(=O)C(C)C)[nH]c(=O)c1Cc1cccc(C(F)(F)F)c1. The van der Waals surface area contributed by atoms with Crippen molar-refractivity contribution >= 4 is 5.91 Å². The molecule has 0 saturated heterocycles. The van der Waals surface area contributed by atoms with Crippen molar-refractivity contribution in [1.29, 1.82) is 0 Å². The number of nitrogens with zero attached hydrogens (tertiary/aromatic N) is 2. The number of rotatable bonds is 7. The van der Waals surface area contributed by atoms with Crippen LogP contribution < -0.4 is 5.56 Å². The highest BCUT2D eigenvalue weighted by molar-refractivity contribution is 5.78. The van der Waals surface area contributed by atoms with Crippen molar-refractivity contribution < 1.29 is 18.0 Å². The Morgan fingerprint density at radius 3 is 2.40 bits per heavy atom. The van der Waals surface area contributed by atoms with E-state index in [-0.39, 0.29) is 30.7 Å². The standard InChI is InChI=1S/C22H28F3N3O2/c1-13(2)11-28(21(30)14(3)4)12-19-26-15(5)18(20(29)27-19)10-16-7-6-8-17(9-16)22(23,24)25/h6-9,13-14H,10-12H2,1-5H3,(H,26,27,29). The molecule has 1 aromatic carbocycles. The first-order valence-electron chi connectivity index (χ1n) is 9.92. The molecular weight excluding hydrogens is 395 g/mol. The Morgan fingerprint density at radius 1 is 1.20 bits per heavy atom. The summed E-state index contributed by atoms with van der Waals surface area (Å²) < 4.78 is 38.8. The van der Waals surface area contributed by atoms with Crippen molar-refractivity contribution in [2.75, 3.05) is 6.54 Å². The molecule has 2 aromatic rings. The molecule has 1 heterocycles. The lowest BCUT2D eigenvalue weighted by molar-refractivity contribution is -0.137. The first kappa shape index (κ1) is 23.6. The predicted molar refractivity (Wildman–Crippen MR) is 109 cm³/mol. The van der Waals surface area contributed by atoms with Crippen LogP contribution in [-0.4, -0.2) is 27.3 Å². The van der Waals surface area contributed by atoms with E-state index in [9.17, 15) is 22.8 Å². The van der Waals surface area contributed by atoms with Crippen LogP contribution in [0.15, 0.2) is 29.1 Å². The Balaban J connectivity index is 2.29. The monoisotopic (exact) mass is 423 g/mol. The fourth-order valence-electron chi connectivity index (χ4n) is 3.23. The molecule has 1 amide bonds. The van der Waals surface area contributed by atoms with E-state index in [1.165, 1.54) is 6.07 Å². The van der Waals surface area contributed by atoms with Crippen LogP contribution in [0.5, 0.6) is 0 Å². The summed E-state index contributed by atoms with van der Waals surface area (Å²) in [5.41, 5.74) is -0.0349. The minimum Gasteiger partial charge on any atom is -0.335 e. The molecule has 30 heavy (non-hydrogen) atoms. The molecular formula is C22H28F3N3O2. The van der Waals surface area contributed by atoms with Gasteiger partial charge in [0.25, 0.3) is 5.56 Å². The number of H-pyrrole nitrogens is 1. The van der Waals surface area contributed by atoms with E-state index in [1.807, 2.05) is 27.7 Å². The molecule has 0 radical (unpaired) electrons. The summed E-state index contributed by atoms with van der Waals surface area (Å²) in [6, 6.07) is 4.91. The Bertz CT molecular complexity index is 949.